The molecule has 0 amide bonds. The van der Waals surface area contributed by atoms with Crippen molar-refractivity contribution in [3.05, 3.63) is 32.8 Å². The van der Waals surface area contributed by atoms with Gasteiger partial charge in [-0.1, -0.05) is 54.6 Å². The number of unbranched alkanes of at least 4 members (excludes halogenated alkanes) is 1. The quantitative estimate of drug-likeness (QED) is 0.800. The van der Waals surface area contributed by atoms with Gasteiger partial charge in [0, 0.05) is 5.02 Å². The van der Waals surface area contributed by atoms with E-state index >= 15 is 0 Å². The lowest BCUT2D eigenvalue weighted by Crippen LogP contribution is -2.26. The van der Waals surface area contributed by atoms with E-state index in [4.69, 9.17) is 40.5 Å². The van der Waals surface area contributed by atoms with Crippen LogP contribution in [0.15, 0.2) is 12.1 Å². The van der Waals surface area contributed by atoms with Crippen molar-refractivity contribution in [2.75, 3.05) is 0 Å². The molecule has 5 heteroatoms. The molecule has 1 rings (SSSR count). The van der Waals surface area contributed by atoms with Crippen molar-refractivity contribution >= 4 is 34.8 Å². The molecule has 0 saturated heterocycles. The average Bonchev–Trinajstić information content (AvgIpc) is 2.29. The third-order valence-electron chi connectivity index (χ3n) is 2.65. The second-order valence-corrected chi connectivity index (χ2v) is 5.25. The highest BCUT2D eigenvalue weighted by atomic mass is 35.5. The van der Waals surface area contributed by atoms with E-state index in [0.717, 1.165) is 12.8 Å². The van der Waals surface area contributed by atoms with E-state index in [1.54, 1.807) is 12.1 Å². The molecule has 1 aromatic carbocycles. The molecule has 0 saturated carbocycles. The summed E-state index contributed by atoms with van der Waals surface area (Å²) in [5.74, 6) is 0. The lowest BCUT2D eigenvalue weighted by Gasteiger charge is -2.20. The molecule has 0 spiro atoms. The SMILES string of the molecule is CCCC[C@@H](O)[C@@H](N)c1cc(Cl)cc(Cl)c1Cl. The Kier molecular flexibility index (Phi) is 6.04. The number of benzene rings is 1. The van der Waals surface area contributed by atoms with Gasteiger partial charge in [0.1, 0.15) is 0 Å². The smallest absolute Gasteiger partial charge is 0.0733 e. The summed E-state index contributed by atoms with van der Waals surface area (Å²) in [4.78, 5) is 0. The van der Waals surface area contributed by atoms with Gasteiger partial charge in [0.05, 0.1) is 22.2 Å². The number of hydrogen-bond acceptors (Lipinski definition) is 2. The largest absolute Gasteiger partial charge is 0.391 e. The lowest BCUT2D eigenvalue weighted by atomic mass is 9.98. The molecule has 0 radical (unpaired) electrons. The molecule has 2 nitrogen and oxygen atoms in total. The van der Waals surface area contributed by atoms with Gasteiger partial charge in [0.15, 0.2) is 0 Å². The minimum Gasteiger partial charge on any atom is -0.391 e. The Balaban J connectivity index is 2.91. The molecule has 3 N–H and O–H groups in total. The molecule has 0 aromatic heterocycles. The van der Waals surface area contributed by atoms with Crippen LogP contribution in [-0.2, 0) is 0 Å². The van der Waals surface area contributed by atoms with Crippen molar-refractivity contribution in [1.29, 1.82) is 0 Å². The Morgan fingerprint density at radius 1 is 1.29 bits per heavy atom. The van der Waals surface area contributed by atoms with Crippen molar-refractivity contribution in [2.24, 2.45) is 5.73 Å². The predicted octanol–water partition coefficient (Wildman–Crippen LogP) is 4.20. The Hall–Kier alpha value is 0.01000. The second kappa shape index (κ2) is 6.81. The van der Waals surface area contributed by atoms with Crippen molar-refractivity contribution in [3.8, 4) is 0 Å². The highest BCUT2D eigenvalue weighted by molar-refractivity contribution is 6.43. The molecule has 0 fully saturated rings. The summed E-state index contributed by atoms with van der Waals surface area (Å²) >= 11 is 17.9. The highest BCUT2D eigenvalue weighted by Crippen LogP contribution is 2.34. The standard InChI is InChI=1S/C12H16Cl3NO/c1-2-3-4-10(17)12(16)8-5-7(13)6-9(14)11(8)15/h5-6,10,12,17H,2-4,16H2,1H3/t10-,12+/m1/s1. The van der Waals surface area contributed by atoms with Crippen LogP contribution in [0.1, 0.15) is 37.8 Å². The van der Waals surface area contributed by atoms with E-state index in [9.17, 15) is 5.11 Å². The molecule has 0 aliphatic carbocycles. The first-order valence-corrected chi connectivity index (χ1v) is 6.68. The van der Waals surface area contributed by atoms with Gasteiger partial charge in [0.25, 0.3) is 0 Å². The topological polar surface area (TPSA) is 46.2 Å². The number of halogens is 3. The highest BCUT2D eigenvalue weighted by Gasteiger charge is 2.20. The zero-order valence-corrected chi connectivity index (χ0v) is 11.9. The van der Waals surface area contributed by atoms with Crippen LogP contribution in [0.5, 0.6) is 0 Å². The molecule has 0 unspecified atom stereocenters. The number of rotatable bonds is 5. The number of nitrogens with two attached hydrogens (primary N) is 1. The summed E-state index contributed by atoms with van der Waals surface area (Å²) in [6.07, 6.45) is 1.93. The molecule has 0 bridgehead atoms. The number of hydrogen-bond donors (Lipinski definition) is 2. The van der Waals surface area contributed by atoms with E-state index in [0.29, 0.717) is 27.1 Å². The third-order valence-corrected chi connectivity index (χ3v) is 3.68. The average molecular weight is 297 g/mol. The molecule has 2 atom stereocenters. The summed E-state index contributed by atoms with van der Waals surface area (Å²) < 4.78 is 0. The first kappa shape index (κ1) is 15.1. The van der Waals surface area contributed by atoms with Gasteiger partial charge in [-0.25, -0.2) is 0 Å². The molecule has 96 valence electrons. The third kappa shape index (κ3) is 4.01. The summed E-state index contributed by atoms with van der Waals surface area (Å²) in [5.41, 5.74) is 6.56. The van der Waals surface area contributed by atoms with Crippen LogP contribution in [0.2, 0.25) is 15.1 Å². The fourth-order valence-corrected chi connectivity index (χ4v) is 2.36. The van der Waals surface area contributed by atoms with Gasteiger partial charge in [-0.15, -0.1) is 0 Å². The zero-order chi connectivity index (χ0) is 13.0. The van der Waals surface area contributed by atoms with Crippen molar-refractivity contribution in [1.82, 2.24) is 0 Å². The molecular weight excluding hydrogens is 280 g/mol. The summed E-state index contributed by atoms with van der Waals surface area (Å²) in [5, 5.41) is 11.1. The first-order chi connectivity index (χ1) is 7.97. The maximum Gasteiger partial charge on any atom is 0.0733 e. The van der Waals surface area contributed by atoms with Gasteiger partial charge in [-0.3, -0.25) is 0 Å². The minimum atomic E-state index is -0.637. The van der Waals surface area contributed by atoms with E-state index < -0.39 is 12.1 Å². The Bertz CT molecular complexity index is 384. The van der Waals surface area contributed by atoms with Crippen LogP contribution in [0.25, 0.3) is 0 Å². The monoisotopic (exact) mass is 295 g/mol. The fourth-order valence-electron chi connectivity index (χ4n) is 1.62. The Morgan fingerprint density at radius 2 is 1.94 bits per heavy atom. The van der Waals surface area contributed by atoms with E-state index in [2.05, 4.69) is 6.92 Å². The number of aliphatic hydroxyl groups is 1. The molecule has 1 aromatic rings. The molecule has 17 heavy (non-hydrogen) atoms. The number of aliphatic hydroxyl groups excluding tert-OH is 1. The van der Waals surface area contributed by atoms with Crippen LogP contribution < -0.4 is 5.73 Å². The summed E-state index contributed by atoms with van der Waals surface area (Å²) in [6, 6.07) is 2.64. The van der Waals surface area contributed by atoms with Crippen molar-refractivity contribution in [2.45, 2.75) is 38.3 Å². The van der Waals surface area contributed by atoms with Crippen molar-refractivity contribution in [3.63, 3.8) is 0 Å². The van der Waals surface area contributed by atoms with E-state index in [1.165, 1.54) is 0 Å². The maximum absolute atomic E-state index is 9.94. The molecule has 0 heterocycles. The van der Waals surface area contributed by atoms with Gasteiger partial charge >= 0.3 is 0 Å². The summed E-state index contributed by atoms with van der Waals surface area (Å²) in [7, 11) is 0. The van der Waals surface area contributed by atoms with Crippen LogP contribution >= 0.6 is 34.8 Å². The van der Waals surface area contributed by atoms with Crippen LogP contribution in [0.3, 0.4) is 0 Å². The summed E-state index contributed by atoms with van der Waals surface area (Å²) in [6.45, 7) is 2.06. The van der Waals surface area contributed by atoms with Crippen molar-refractivity contribution < 1.29 is 5.11 Å². The van der Waals surface area contributed by atoms with Gasteiger partial charge in [-0.05, 0) is 24.1 Å². The fraction of sp³-hybridized carbons (Fsp3) is 0.500. The van der Waals surface area contributed by atoms with Gasteiger partial charge < -0.3 is 10.8 Å². The second-order valence-electron chi connectivity index (χ2n) is 4.03. The lowest BCUT2D eigenvalue weighted by molar-refractivity contribution is 0.132. The van der Waals surface area contributed by atoms with Gasteiger partial charge in [-0.2, -0.15) is 0 Å². The first-order valence-electron chi connectivity index (χ1n) is 5.55. The van der Waals surface area contributed by atoms with Crippen LogP contribution in [-0.4, -0.2) is 11.2 Å². The zero-order valence-electron chi connectivity index (χ0n) is 9.59. The van der Waals surface area contributed by atoms with Gasteiger partial charge in [0.2, 0.25) is 0 Å². The van der Waals surface area contributed by atoms with Crippen LogP contribution in [0.4, 0.5) is 0 Å². The minimum absolute atomic E-state index is 0.354. The Morgan fingerprint density at radius 3 is 2.53 bits per heavy atom. The van der Waals surface area contributed by atoms with Crippen LogP contribution in [0, 0.1) is 0 Å². The normalized spacial score (nSPS) is 14.7. The molecule has 0 aliphatic rings. The van der Waals surface area contributed by atoms with E-state index in [-0.39, 0.29) is 0 Å². The Labute approximate surface area is 117 Å². The molecular formula is C12H16Cl3NO. The van der Waals surface area contributed by atoms with E-state index in [1.807, 2.05) is 0 Å². The maximum atomic E-state index is 9.94. The predicted molar refractivity (Wildman–Crippen MR) is 73.9 cm³/mol. The molecule has 0 aliphatic heterocycles.